The van der Waals surface area contributed by atoms with Crippen LogP contribution in [0.25, 0.3) is 27.5 Å². The molecule has 1 aliphatic rings. The second-order valence-corrected chi connectivity index (χ2v) is 7.81. The predicted octanol–water partition coefficient (Wildman–Crippen LogP) is 4.73. The number of alkyl halides is 1. The topological polar surface area (TPSA) is 75.1 Å². The van der Waals surface area contributed by atoms with E-state index in [0.717, 1.165) is 0 Å². The molecule has 0 aliphatic heterocycles. The number of aromatic amines is 1. The number of hydrogen-bond acceptors (Lipinski definition) is 3. The molecule has 28 heavy (non-hydrogen) atoms. The second-order valence-electron chi connectivity index (χ2n) is 6.64. The number of anilines is 1. The van der Waals surface area contributed by atoms with E-state index >= 15 is 0 Å². The Morgan fingerprint density at radius 1 is 1.43 bits per heavy atom. The third-order valence-electron chi connectivity index (χ3n) is 4.79. The van der Waals surface area contributed by atoms with Crippen molar-refractivity contribution in [2.75, 3.05) is 5.32 Å². The number of carbonyl (C=O) groups is 1. The summed E-state index contributed by atoms with van der Waals surface area (Å²) < 4.78 is 29.4. The summed E-state index contributed by atoms with van der Waals surface area (Å²) in [6.07, 6.45) is 2.43. The maximum atomic E-state index is 14.5. The van der Waals surface area contributed by atoms with Crippen LogP contribution in [0, 0.1) is 11.7 Å². The molecule has 5 rings (SSSR count). The lowest BCUT2D eigenvalue weighted by Crippen LogP contribution is -2.15. The van der Waals surface area contributed by atoms with Gasteiger partial charge in [-0.3, -0.25) is 9.89 Å². The number of nitrogens with one attached hydrogen (secondary N) is 2. The van der Waals surface area contributed by atoms with Gasteiger partial charge in [0.05, 0.1) is 32.6 Å². The number of amides is 1. The van der Waals surface area contributed by atoms with Crippen molar-refractivity contribution in [2.24, 2.45) is 5.92 Å². The van der Waals surface area contributed by atoms with Crippen molar-refractivity contribution in [2.45, 2.75) is 12.6 Å². The van der Waals surface area contributed by atoms with Crippen LogP contribution in [0.1, 0.15) is 6.42 Å². The smallest absolute Gasteiger partial charge is 0.231 e. The van der Waals surface area contributed by atoms with E-state index in [9.17, 15) is 13.6 Å². The lowest BCUT2D eigenvalue weighted by molar-refractivity contribution is -0.117. The minimum atomic E-state index is -1.07. The fourth-order valence-electron chi connectivity index (χ4n) is 3.22. The Bertz CT molecular complexity index is 1270. The van der Waals surface area contributed by atoms with Gasteiger partial charge in [0, 0.05) is 23.2 Å². The quantitative estimate of drug-likeness (QED) is 0.429. The van der Waals surface area contributed by atoms with Crippen molar-refractivity contribution in [3.63, 3.8) is 0 Å². The van der Waals surface area contributed by atoms with Crippen LogP contribution in [0.4, 0.5) is 14.6 Å². The summed E-state index contributed by atoms with van der Waals surface area (Å²) in [7, 11) is 0. The summed E-state index contributed by atoms with van der Waals surface area (Å²) in [6, 6.07) is 5.18. The third-order valence-corrected chi connectivity index (χ3v) is 5.89. The van der Waals surface area contributed by atoms with Crippen LogP contribution >= 0.6 is 27.5 Å². The van der Waals surface area contributed by atoms with E-state index in [2.05, 4.69) is 36.5 Å². The van der Waals surface area contributed by atoms with E-state index in [4.69, 9.17) is 11.6 Å². The van der Waals surface area contributed by atoms with Gasteiger partial charge in [0.15, 0.2) is 11.6 Å². The van der Waals surface area contributed by atoms with Crippen molar-refractivity contribution in [1.82, 2.24) is 19.8 Å². The molecule has 1 aromatic carbocycles. The highest BCUT2D eigenvalue weighted by molar-refractivity contribution is 9.10. The SMILES string of the molecule is O=C(Nc1cc2cc(-c3c(Cl)c(F)c(Br)c4[nH]ncc34)ccn2n1)C1CC1F. The van der Waals surface area contributed by atoms with Gasteiger partial charge >= 0.3 is 0 Å². The zero-order chi connectivity index (χ0) is 19.6. The molecule has 6 nitrogen and oxygen atoms in total. The van der Waals surface area contributed by atoms with E-state index in [-0.39, 0.29) is 21.8 Å². The lowest BCUT2D eigenvalue weighted by Gasteiger charge is -2.09. The number of benzene rings is 1. The van der Waals surface area contributed by atoms with Gasteiger partial charge in [0.25, 0.3) is 0 Å². The van der Waals surface area contributed by atoms with E-state index in [1.165, 1.54) is 0 Å². The van der Waals surface area contributed by atoms with Crippen LogP contribution in [-0.2, 0) is 4.79 Å². The number of pyridine rings is 1. The molecule has 2 N–H and O–H groups in total. The minimum absolute atomic E-state index is 0.0270. The Kier molecular flexibility index (Phi) is 3.92. The van der Waals surface area contributed by atoms with Crippen LogP contribution in [0.3, 0.4) is 0 Å². The average molecular weight is 467 g/mol. The highest BCUT2D eigenvalue weighted by atomic mass is 79.9. The minimum Gasteiger partial charge on any atom is -0.309 e. The monoisotopic (exact) mass is 465 g/mol. The summed E-state index contributed by atoms with van der Waals surface area (Å²) >= 11 is 9.48. The Labute approximate surface area is 170 Å². The number of fused-ring (bicyclic) bond motifs is 2. The largest absolute Gasteiger partial charge is 0.309 e. The number of H-pyrrole nitrogens is 1. The van der Waals surface area contributed by atoms with Crippen LogP contribution in [0.5, 0.6) is 0 Å². The van der Waals surface area contributed by atoms with Crippen molar-refractivity contribution in [3.05, 3.63) is 45.9 Å². The van der Waals surface area contributed by atoms with Gasteiger partial charge in [-0.1, -0.05) is 11.6 Å². The Hall–Kier alpha value is -2.52. The van der Waals surface area contributed by atoms with Crippen LogP contribution in [-0.4, -0.2) is 31.9 Å². The third kappa shape index (κ3) is 2.68. The number of halogens is 4. The Morgan fingerprint density at radius 3 is 2.96 bits per heavy atom. The fraction of sp³-hybridized carbons (Fsp3) is 0.167. The summed E-state index contributed by atoms with van der Waals surface area (Å²) in [5.74, 6) is -1.24. The molecule has 1 fully saturated rings. The molecule has 1 saturated carbocycles. The molecule has 3 aromatic heterocycles. The maximum absolute atomic E-state index is 14.5. The van der Waals surface area contributed by atoms with Gasteiger partial charge in [0.2, 0.25) is 5.91 Å². The van der Waals surface area contributed by atoms with Crippen LogP contribution < -0.4 is 5.32 Å². The lowest BCUT2D eigenvalue weighted by atomic mass is 10.0. The zero-order valence-corrected chi connectivity index (χ0v) is 16.4. The molecule has 1 aliphatic carbocycles. The first kappa shape index (κ1) is 17.6. The molecule has 1 amide bonds. The molecule has 142 valence electrons. The average Bonchev–Trinajstić information content (AvgIpc) is 3.06. The molecule has 4 aromatic rings. The number of aromatic nitrogens is 4. The molecular formula is C18H11BrClF2N5O. The highest BCUT2D eigenvalue weighted by Crippen LogP contribution is 2.41. The van der Waals surface area contributed by atoms with E-state index < -0.39 is 17.9 Å². The van der Waals surface area contributed by atoms with E-state index in [1.807, 2.05) is 0 Å². The molecule has 2 unspecified atom stereocenters. The molecule has 0 radical (unpaired) electrons. The van der Waals surface area contributed by atoms with Gasteiger partial charge in [-0.15, -0.1) is 0 Å². The highest BCUT2D eigenvalue weighted by Gasteiger charge is 2.43. The second kappa shape index (κ2) is 6.25. The van der Waals surface area contributed by atoms with Crippen LogP contribution in [0.2, 0.25) is 5.02 Å². The van der Waals surface area contributed by atoms with Gasteiger partial charge in [-0.2, -0.15) is 10.2 Å². The Morgan fingerprint density at radius 2 is 2.21 bits per heavy atom. The standard InChI is InChI=1S/C18H11BrClF2N5O/c19-14-16(22)15(20)13(10-6-23-25-17(10)14)7-1-2-27-8(3-7)4-12(26-27)24-18(28)9-5-11(9)21/h1-4,6,9,11H,5H2,(H,23,25)(H,24,26,28). The van der Waals surface area contributed by atoms with Gasteiger partial charge in [0.1, 0.15) is 6.17 Å². The van der Waals surface area contributed by atoms with Crippen molar-refractivity contribution < 1.29 is 13.6 Å². The normalized spacial score (nSPS) is 18.7. The van der Waals surface area contributed by atoms with Crippen molar-refractivity contribution in [1.29, 1.82) is 0 Å². The Balaban J connectivity index is 1.58. The maximum Gasteiger partial charge on any atom is 0.231 e. The van der Waals surface area contributed by atoms with E-state index in [0.29, 0.717) is 33.4 Å². The molecule has 3 heterocycles. The van der Waals surface area contributed by atoms with Crippen molar-refractivity contribution in [3.8, 4) is 11.1 Å². The predicted molar refractivity (Wildman–Crippen MR) is 105 cm³/mol. The number of rotatable bonds is 3. The molecular weight excluding hydrogens is 456 g/mol. The van der Waals surface area contributed by atoms with E-state index in [1.54, 1.807) is 35.1 Å². The zero-order valence-electron chi connectivity index (χ0n) is 14.0. The number of nitrogens with zero attached hydrogens (tertiary/aromatic N) is 3. The van der Waals surface area contributed by atoms with Crippen LogP contribution in [0.15, 0.2) is 35.1 Å². The first-order chi connectivity index (χ1) is 13.4. The number of hydrogen-bond donors (Lipinski definition) is 2. The molecule has 0 saturated heterocycles. The van der Waals surface area contributed by atoms with Gasteiger partial charge in [-0.25, -0.2) is 13.3 Å². The summed E-state index contributed by atoms with van der Waals surface area (Å²) in [5.41, 5.74) is 2.33. The molecule has 10 heteroatoms. The summed E-state index contributed by atoms with van der Waals surface area (Å²) in [6.45, 7) is 0. The molecule has 0 bridgehead atoms. The summed E-state index contributed by atoms with van der Waals surface area (Å²) in [4.78, 5) is 11.9. The number of carbonyl (C=O) groups excluding carboxylic acids is 1. The fourth-order valence-corrected chi connectivity index (χ4v) is 4.14. The van der Waals surface area contributed by atoms with Gasteiger partial charge < -0.3 is 5.32 Å². The first-order valence-corrected chi connectivity index (χ1v) is 9.55. The first-order valence-electron chi connectivity index (χ1n) is 8.38. The van der Waals surface area contributed by atoms with Crippen molar-refractivity contribution >= 4 is 55.7 Å². The molecule has 2 atom stereocenters. The van der Waals surface area contributed by atoms with Gasteiger partial charge in [-0.05, 0) is 40.0 Å². The molecule has 0 spiro atoms. The summed E-state index contributed by atoms with van der Waals surface area (Å²) in [5, 5.41) is 14.3.